The molecule has 2 rings (SSSR count). The number of ether oxygens (including phenoxy) is 1. The first-order chi connectivity index (χ1) is 13.8. The number of sulfonamides is 1. The second kappa shape index (κ2) is 10.9. The van der Waals surface area contributed by atoms with Crippen LogP contribution in [0.15, 0.2) is 53.4 Å². The van der Waals surface area contributed by atoms with E-state index in [0.29, 0.717) is 32.5 Å². The van der Waals surface area contributed by atoms with Crippen LogP contribution >= 0.6 is 0 Å². The van der Waals surface area contributed by atoms with Crippen LogP contribution in [0.25, 0.3) is 0 Å². The van der Waals surface area contributed by atoms with E-state index in [1.165, 1.54) is 17.7 Å². The minimum atomic E-state index is -3.68. The zero-order chi connectivity index (χ0) is 21.3. The molecule has 29 heavy (non-hydrogen) atoms. The summed E-state index contributed by atoms with van der Waals surface area (Å²) in [7, 11) is -1.69. The highest BCUT2D eigenvalue weighted by molar-refractivity contribution is 7.89. The van der Waals surface area contributed by atoms with E-state index in [9.17, 15) is 13.2 Å². The summed E-state index contributed by atoms with van der Waals surface area (Å²) in [6, 6.07) is 14.3. The van der Waals surface area contributed by atoms with Gasteiger partial charge < -0.3 is 15.0 Å². The summed E-state index contributed by atoms with van der Waals surface area (Å²) in [4.78, 5) is 14.2. The van der Waals surface area contributed by atoms with Crippen LogP contribution < -0.4 is 15.2 Å². The van der Waals surface area contributed by atoms with Crippen LogP contribution in [0.4, 0.5) is 0 Å². The molecular weight excluding hydrogens is 390 g/mol. The van der Waals surface area contributed by atoms with Gasteiger partial charge in [-0.1, -0.05) is 24.3 Å². The van der Waals surface area contributed by atoms with E-state index < -0.39 is 10.0 Å². The number of hydrogen-bond acceptors (Lipinski definition) is 5. The van der Waals surface area contributed by atoms with Gasteiger partial charge in [-0.05, 0) is 55.8 Å². The summed E-state index contributed by atoms with van der Waals surface area (Å²) in [6.07, 6.45) is 1.04. The quantitative estimate of drug-likeness (QED) is 0.579. The normalized spacial score (nSPS) is 11.4. The molecule has 2 aromatic rings. The van der Waals surface area contributed by atoms with Crippen molar-refractivity contribution < 1.29 is 17.9 Å². The molecule has 0 aromatic heterocycles. The maximum Gasteiger partial charge on any atom is 0.238 e. The fourth-order valence-corrected chi connectivity index (χ4v) is 3.34. The molecule has 0 aliphatic rings. The highest BCUT2D eigenvalue weighted by atomic mass is 32.2. The number of amides is 1. The molecule has 0 fully saturated rings. The number of carbonyl (C=O) groups excluding carboxylic acids is 1. The number of rotatable bonds is 11. The van der Waals surface area contributed by atoms with E-state index >= 15 is 0 Å². The van der Waals surface area contributed by atoms with Gasteiger partial charge in [-0.25, -0.2) is 13.6 Å². The lowest BCUT2D eigenvalue weighted by Gasteiger charge is -2.16. The largest absolute Gasteiger partial charge is 0.494 e. The summed E-state index contributed by atoms with van der Waals surface area (Å²) in [5, 5.41) is 7.97. The van der Waals surface area contributed by atoms with Gasteiger partial charge in [0.25, 0.3) is 0 Å². The summed E-state index contributed by atoms with van der Waals surface area (Å²) < 4.78 is 27.9. The number of primary sulfonamides is 1. The Balaban J connectivity index is 1.67. The average molecular weight is 420 g/mol. The van der Waals surface area contributed by atoms with Gasteiger partial charge in [-0.2, -0.15) is 0 Å². The number of nitrogens with one attached hydrogen (secondary N) is 1. The van der Waals surface area contributed by atoms with Crippen molar-refractivity contribution in [3.63, 3.8) is 0 Å². The molecule has 0 saturated heterocycles. The predicted octanol–water partition coefficient (Wildman–Crippen LogP) is 1.91. The first-order valence-corrected chi connectivity index (χ1v) is 11.1. The van der Waals surface area contributed by atoms with Crippen LogP contribution in [-0.2, 0) is 27.8 Å². The minimum Gasteiger partial charge on any atom is -0.494 e. The fraction of sp³-hybridized carbons (Fsp3) is 0.381. The van der Waals surface area contributed by atoms with Crippen LogP contribution in [0, 0.1) is 0 Å². The molecule has 0 radical (unpaired) electrons. The Hall–Kier alpha value is -2.42. The van der Waals surface area contributed by atoms with Gasteiger partial charge in [-0.15, -0.1) is 0 Å². The maximum atomic E-state index is 12.0. The van der Waals surface area contributed by atoms with Gasteiger partial charge in [-0.3, -0.25) is 4.79 Å². The van der Waals surface area contributed by atoms with Gasteiger partial charge in [0, 0.05) is 26.1 Å². The Labute approximate surface area is 172 Å². The molecule has 8 heteroatoms. The Morgan fingerprint density at radius 2 is 1.69 bits per heavy atom. The average Bonchev–Trinajstić information content (AvgIpc) is 2.68. The fourth-order valence-electron chi connectivity index (χ4n) is 2.82. The Morgan fingerprint density at radius 3 is 2.28 bits per heavy atom. The molecule has 7 nitrogen and oxygen atoms in total. The van der Waals surface area contributed by atoms with Crippen molar-refractivity contribution >= 4 is 15.9 Å². The van der Waals surface area contributed by atoms with Crippen LogP contribution in [0.2, 0.25) is 0 Å². The topological polar surface area (TPSA) is 102 Å². The Kier molecular flexibility index (Phi) is 8.63. The molecule has 158 valence electrons. The van der Waals surface area contributed by atoms with E-state index in [0.717, 1.165) is 17.9 Å². The number of hydrogen-bond donors (Lipinski definition) is 2. The standard InChI is InChI=1S/C21H29N3O4S/c1-3-28-19-8-4-18(5-9-19)16-24(2)15-13-21(25)23-14-12-17-6-10-20(11-7-17)29(22,26)27/h4-11H,3,12-16H2,1-2H3,(H,23,25)(H2,22,26,27). The van der Waals surface area contributed by atoms with Crippen molar-refractivity contribution in [2.45, 2.75) is 31.2 Å². The number of nitrogens with zero attached hydrogens (tertiary/aromatic N) is 1. The zero-order valence-electron chi connectivity index (χ0n) is 16.9. The van der Waals surface area contributed by atoms with E-state index in [4.69, 9.17) is 9.88 Å². The van der Waals surface area contributed by atoms with E-state index in [-0.39, 0.29) is 10.8 Å². The molecule has 0 saturated carbocycles. The summed E-state index contributed by atoms with van der Waals surface area (Å²) in [5.41, 5.74) is 2.10. The number of nitrogens with two attached hydrogens (primary N) is 1. The predicted molar refractivity (Wildman–Crippen MR) is 113 cm³/mol. The Morgan fingerprint density at radius 1 is 1.07 bits per heavy atom. The highest BCUT2D eigenvalue weighted by Gasteiger charge is 2.08. The first-order valence-electron chi connectivity index (χ1n) is 9.56. The van der Waals surface area contributed by atoms with Gasteiger partial charge in [0.05, 0.1) is 11.5 Å². The number of benzene rings is 2. The summed E-state index contributed by atoms with van der Waals surface area (Å²) >= 11 is 0. The molecule has 0 aliphatic heterocycles. The first kappa shape index (κ1) is 22.9. The van der Waals surface area contributed by atoms with Crippen molar-refractivity contribution in [1.82, 2.24) is 10.2 Å². The zero-order valence-corrected chi connectivity index (χ0v) is 17.7. The maximum absolute atomic E-state index is 12.0. The molecule has 0 heterocycles. The molecule has 0 unspecified atom stereocenters. The SMILES string of the molecule is CCOc1ccc(CN(C)CCC(=O)NCCc2ccc(S(N)(=O)=O)cc2)cc1. The molecule has 2 aromatic carbocycles. The third-order valence-electron chi connectivity index (χ3n) is 4.40. The van der Waals surface area contributed by atoms with Gasteiger partial charge in [0.2, 0.25) is 15.9 Å². The molecule has 0 atom stereocenters. The van der Waals surface area contributed by atoms with Crippen LogP contribution in [0.1, 0.15) is 24.5 Å². The van der Waals surface area contributed by atoms with E-state index in [1.54, 1.807) is 12.1 Å². The molecular formula is C21H29N3O4S. The van der Waals surface area contributed by atoms with Crippen LogP contribution in [-0.4, -0.2) is 46.0 Å². The highest BCUT2D eigenvalue weighted by Crippen LogP contribution is 2.13. The van der Waals surface area contributed by atoms with Gasteiger partial charge in [0.15, 0.2) is 0 Å². The molecule has 0 aliphatic carbocycles. The molecule has 1 amide bonds. The second-order valence-corrected chi connectivity index (χ2v) is 8.42. The van der Waals surface area contributed by atoms with Crippen LogP contribution in [0.5, 0.6) is 5.75 Å². The van der Waals surface area contributed by atoms with Crippen molar-refractivity contribution in [3.05, 3.63) is 59.7 Å². The number of carbonyl (C=O) groups is 1. The van der Waals surface area contributed by atoms with Gasteiger partial charge >= 0.3 is 0 Å². The monoisotopic (exact) mass is 419 g/mol. The van der Waals surface area contributed by atoms with Crippen molar-refractivity contribution in [2.75, 3.05) is 26.7 Å². The smallest absolute Gasteiger partial charge is 0.238 e. The van der Waals surface area contributed by atoms with Gasteiger partial charge in [0.1, 0.15) is 5.75 Å². The molecule has 3 N–H and O–H groups in total. The van der Waals surface area contributed by atoms with Crippen molar-refractivity contribution in [3.8, 4) is 5.75 Å². The second-order valence-electron chi connectivity index (χ2n) is 6.85. The Bertz CT molecular complexity index is 881. The van der Waals surface area contributed by atoms with Crippen LogP contribution in [0.3, 0.4) is 0 Å². The summed E-state index contributed by atoms with van der Waals surface area (Å²) in [5.74, 6) is 0.849. The van der Waals surface area contributed by atoms with Crippen molar-refractivity contribution in [1.29, 1.82) is 0 Å². The van der Waals surface area contributed by atoms with Crippen molar-refractivity contribution in [2.24, 2.45) is 5.14 Å². The van der Waals surface area contributed by atoms with E-state index in [1.807, 2.05) is 38.2 Å². The lowest BCUT2D eigenvalue weighted by Crippen LogP contribution is -2.30. The molecule has 0 bridgehead atoms. The van der Waals surface area contributed by atoms with E-state index in [2.05, 4.69) is 10.2 Å². The summed E-state index contributed by atoms with van der Waals surface area (Å²) in [6.45, 7) is 4.51. The lowest BCUT2D eigenvalue weighted by molar-refractivity contribution is -0.121. The minimum absolute atomic E-state index is 0.00954. The molecule has 0 spiro atoms. The third kappa shape index (κ3) is 8.23. The third-order valence-corrected chi connectivity index (χ3v) is 5.32. The lowest BCUT2D eigenvalue weighted by atomic mass is 10.1.